The summed E-state index contributed by atoms with van der Waals surface area (Å²) in [6.07, 6.45) is 10.4. The first-order chi connectivity index (χ1) is 24.2. The van der Waals surface area contributed by atoms with Crippen LogP contribution in [-0.2, 0) is 38.0 Å². The van der Waals surface area contributed by atoms with Crippen LogP contribution in [0.2, 0.25) is 0 Å². The van der Waals surface area contributed by atoms with Crippen LogP contribution in [0.1, 0.15) is 111 Å². The lowest BCUT2D eigenvalue weighted by Crippen LogP contribution is -2.47. The van der Waals surface area contributed by atoms with Crippen molar-refractivity contribution in [3.8, 4) is 0 Å². The SMILES string of the molecule is CC(C)(OC1CC1)C(=O)OCC1CCC(n2ccc(=O)[nH]c2=O)O1.CC(C)OC1(C(=O)OCC2CCC(n3ccc(=O)[nH]c3=O)O2)CCCCC1. The van der Waals surface area contributed by atoms with Gasteiger partial charge in [0.1, 0.15) is 25.7 Å². The predicted molar refractivity (Wildman–Crippen MR) is 181 cm³/mol. The third-order valence-electron chi connectivity index (χ3n) is 9.27. The minimum atomic E-state index is -0.963. The molecule has 2 saturated heterocycles. The van der Waals surface area contributed by atoms with Crippen LogP contribution in [0.25, 0.3) is 0 Å². The maximum Gasteiger partial charge on any atom is 0.338 e. The van der Waals surface area contributed by atoms with E-state index in [-0.39, 0.29) is 43.6 Å². The average Bonchev–Trinajstić information content (AvgIpc) is 3.54. The molecule has 282 valence electrons. The first kappa shape index (κ1) is 38.4. The fraction of sp³-hybridized carbons (Fsp3) is 0.714. The monoisotopic (exact) mass is 718 g/mol. The average molecular weight is 719 g/mol. The number of esters is 2. The van der Waals surface area contributed by atoms with E-state index in [1.54, 1.807) is 13.8 Å². The molecule has 6 rings (SSSR count). The van der Waals surface area contributed by atoms with Crippen molar-refractivity contribution in [1.82, 2.24) is 19.1 Å². The molecule has 4 heterocycles. The number of aromatic nitrogens is 4. The highest BCUT2D eigenvalue weighted by Gasteiger charge is 2.44. The summed E-state index contributed by atoms with van der Waals surface area (Å²) in [6.45, 7) is 7.51. The third-order valence-corrected chi connectivity index (χ3v) is 9.27. The van der Waals surface area contributed by atoms with E-state index < -0.39 is 52.1 Å². The van der Waals surface area contributed by atoms with Crippen molar-refractivity contribution in [2.24, 2.45) is 0 Å². The zero-order chi connectivity index (χ0) is 36.8. The number of carbonyl (C=O) groups excluding carboxylic acids is 2. The second-order valence-electron chi connectivity index (χ2n) is 14.4. The van der Waals surface area contributed by atoms with E-state index in [0.717, 1.165) is 32.1 Å². The molecule has 4 aliphatic rings. The zero-order valence-electron chi connectivity index (χ0n) is 29.8. The number of hydrogen-bond acceptors (Lipinski definition) is 12. The van der Waals surface area contributed by atoms with E-state index in [2.05, 4.69) is 9.97 Å². The molecule has 2 aliphatic carbocycles. The summed E-state index contributed by atoms with van der Waals surface area (Å²) < 4.78 is 36.8. The van der Waals surface area contributed by atoms with Crippen LogP contribution in [0.15, 0.2) is 43.7 Å². The van der Waals surface area contributed by atoms with E-state index in [0.29, 0.717) is 38.5 Å². The lowest BCUT2D eigenvalue weighted by atomic mass is 9.84. The summed E-state index contributed by atoms with van der Waals surface area (Å²) >= 11 is 0. The van der Waals surface area contributed by atoms with Crippen LogP contribution < -0.4 is 22.5 Å². The molecule has 16 heteroatoms. The summed E-state index contributed by atoms with van der Waals surface area (Å²) in [5.74, 6) is -0.730. The van der Waals surface area contributed by atoms with Gasteiger partial charge in [-0.25, -0.2) is 19.2 Å². The van der Waals surface area contributed by atoms with Gasteiger partial charge in [-0.2, -0.15) is 0 Å². The fourth-order valence-electron chi connectivity index (χ4n) is 6.57. The molecule has 4 fully saturated rings. The van der Waals surface area contributed by atoms with Crippen LogP contribution in [0.3, 0.4) is 0 Å². The van der Waals surface area contributed by atoms with Crippen molar-refractivity contribution < 1.29 is 38.0 Å². The summed E-state index contributed by atoms with van der Waals surface area (Å²) in [7, 11) is 0. The van der Waals surface area contributed by atoms with E-state index in [1.165, 1.54) is 33.7 Å². The van der Waals surface area contributed by atoms with Gasteiger partial charge in [0.05, 0.1) is 24.4 Å². The van der Waals surface area contributed by atoms with Crippen molar-refractivity contribution in [3.05, 3.63) is 66.2 Å². The normalized spacial score (nSPS) is 24.5. The van der Waals surface area contributed by atoms with Gasteiger partial charge in [0.15, 0.2) is 11.2 Å². The Bertz CT molecular complexity index is 1730. The summed E-state index contributed by atoms with van der Waals surface area (Å²) in [4.78, 5) is 75.2. The molecule has 4 unspecified atom stereocenters. The highest BCUT2D eigenvalue weighted by molar-refractivity contribution is 5.80. The molecule has 2 N–H and O–H groups in total. The minimum Gasteiger partial charge on any atom is -0.461 e. The number of carbonyl (C=O) groups is 2. The fourth-order valence-corrected chi connectivity index (χ4v) is 6.57. The summed E-state index contributed by atoms with van der Waals surface area (Å²) in [6, 6.07) is 2.56. The Morgan fingerprint density at radius 2 is 1.31 bits per heavy atom. The molecule has 0 spiro atoms. The number of ether oxygens (including phenoxy) is 6. The Balaban J connectivity index is 0.000000199. The number of rotatable bonds is 12. The molecular formula is C35H50N4O12. The van der Waals surface area contributed by atoms with E-state index in [9.17, 15) is 28.8 Å². The number of H-pyrrole nitrogens is 2. The largest absolute Gasteiger partial charge is 0.461 e. The first-order valence-electron chi connectivity index (χ1n) is 17.9. The summed E-state index contributed by atoms with van der Waals surface area (Å²) in [5.41, 5.74) is -3.71. The van der Waals surface area contributed by atoms with Crippen molar-refractivity contribution >= 4 is 11.9 Å². The molecule has 51 heavy (non-hydrogen) atoms. The van der Waals surface area contributed by atoms with E-state index in [4.69, 9.17) is 28.4 Å². The van der Waals surface area contributed by atoms with Gasteiger partial charge in [-0.1, -0.05) is 6.42 Å². The predicted octanol–water partition coefficient (Wildman–Crippen LogP) is 2.60. The van der Waals surface area contributed by atoms with Crippen molar-refractivity contribution in [3.63, 3.8) is 0 Å². The second-order valence-corrected chi connectivity index (χ2v) is 14.4. The Morgan fingerprint density at radius 3 is 1.78 bits per heavy atom. The molecule has 2 saturated carbocycles. The Kier molecular flexibility index (Phi) is 12.5. The molecule has 0 radical (unpaired) electrons. The molecule has 2 aromatic rings. The molecular weight excluding hydrogens is 668 g/mol. The smallest absolute Gasteiger partial charge is 0.338 e. The van der Waals surface area contributed by atoms with Crippen molar-refractivity contribution in [2.75, 3.05) is 13.2 Å². The minimum absolute atomic E-state index is 0.0464. The topological polar surface area (TPSA) is 199 Å². The van der Waals surface area contributed by atoms with Crippen LogP contribution in [0.5, 0.6) is 0 Å². The zero-order valence-corrected chi connectivity index (χ0v) is 29.8. The lowest BCUT2D eigenvalue weighted by Gasteiger charge is -2.36. The molecule has 4 atom stereocenters. The van der Waals surface area contributed by atoms with Crippen LogP contribution in [-0.4, -0.2) is 79.9 Å². The molecule has 2 aliphatic heterocycles. The molecule has 16 nitrogen and oxygen atoms in total. The number of hydrogen-bond donors (Lipinski definition) is 2. The molecule has 0 bridgehead atoms. The van der Waals surface area contributed by atoms with Crippen molar-refractivity contribution in [1.29, 1.82) is 0 Å². The first-order valence-corrected chi connectivity index (χ1v) is 17.9. The standard InChI is InChI=1S/C19H28N2O6.C16H22N2O6/c1-13(2)27-19(9-4-3-5-10-19)17(23)25-12-14-6-7-16(26-14)21-11-8-15(22)20-18(21)24;1-16(2,24-10-3-4-10)14(20)22-9-11-5-6-13(23-11)18-8-7-12(19)17-15(18)21/h8,11,13-14,16H,3-7,9-10,12H2,1-2H3,(H,20,22,24);7-8,10-11,13H,3-6,9H2,1-2H3,(H,17,19,21). The van der Waals surface area contributed by atoms with Gasteiger partial charge < -0.3 is 28.4 Å². The van der Waals surface area contributed by atoms with Gasteiger partial charge in [-0.05, 0) is 91.9 Å². The number of nitrogens with one attached hydrogen (secondary N) is 2. The number of nitrogens with zero attached hydrogens (tertiary/aromatic N) is 2. The summed E-state index contributed by atoms with van der Waals surface area (Å²) in [5, 5.41) is 0. The van der Waals surface area contributed by atoms with Gasteiger partial charge in [0, 0.05) is 24.5 Å². The van der Waals surface area contributed by atoms with Gasteiger partial charge in [-0.15, -0.1) is 0 Å². The van der Waals surface area contributed by atoms with Crippen LogP contribution in [0.4, 0.5) is 0 Å². The maximum atomic E-state index is 12.8. The molecule has 0 aromatic carbocycles. The molecule has 0 amide bonds. The van der Waals surface area contributed by atoms with E-state index in [1.807, 2.05) is 13.8 Å². The highest BCUT2D eigenvalue weighted by Crippen LogP contribution is 2.35. The maximum absolute atomic E-state index is 12.8. The second kappa shape index (κ2) is 16.7. The third kappa shape index (κ3) is 10.4. The Labute approximate surface area is 294 Å². The highest BCUT2D eigenvalue weighted by atomic mass is 16.6. The van der Waals surface area contributed by atoms with Gasteiger partial charge in [-0.3, -0.25) is 28.7 Å². The Hall–Kier alpha value is -3.86. The number of aromatic amines is 2. The quantitative estimate of drug-likeness (QED) is 0.305. The Morgan fingerprint density at radius 1 is 0.804 bits per heavy atom. The van der Waals surface area contributed by atoms with E-state index >= 15 is 0 Å². The van der Waals surface area contributed by atoms with Gasteiger partial charge in [0.2, 0.25) is 0 Å². The molecule has 2 aromatic heterocycles. The van der Waals surface area contributed by atoms with Crippen LogP contribution in [0, 0.1) is 0 Å². The van der Waals surface area contributed by atoms with Gasteiger partial charge in [0.25, 0.3) is 11.1 Å². The van der Waals surface area contributed by atoms with Crippen LogP contribution >= 0.6 is 0 Å². The van der Waals surface area contributed by atoms with Gasteiger partial charge >= 0.3 is 23.3 Å². The van der Waals surface area contributed by atoms with Crippen molar-refractivity contribution in [2.45, 2.75) is 146 Å². The lowest BCUT2D eigenvalue weighted by molar-refractivity contribution is -0.187.